The molecule has 0 saturated heterocycles. The molecule has 1 aromatic carbocycles. The Kier molecular flexibility index (Phi) is 7.98. The summed E-state index contributed by atoms with van der Waals surface area (Å²) in [5, 5.41) is 11.4. The lowest BCUT2D eigenvalue weighted by molar-refractivity contribution is 0.391. The van der Waals surface area contributed by atoms with Crippen LogP contribution in [0.4, 0.5) is 0 Å². The molecule has 1 atom stereocenters. The van der Waals surface area contributed by atoms with Gasteiger partial charge in [-0.1, -0.05) is 29.7 Å². The maximum atomic E-state index is 6.31. The Morgan fingerprint density at radius 1 is 1.33 bits per heavy atom. The second-order valence-corrected chi connectivity index (χ2v) is 6.90. The van der Waals surface area contributed by atoms with Crippen LogP contribution in [0.1, 0.15) is 42.3 Å². The third-order valence-electron chi connectivity index (χ3n) is 4.40. The van der Waals surface area contributed by atoms with Gasteiger partial charge in [0.15, 0.2) is 5.96 Å². The lowest BCUT2D eigenvalue weighted by Gasteiger charge is -2.14. The van der Waals surface area contributed by atoms with Gasteiger partial charge in [0, 0.05) is 36.1 Å². The quantitative estimate of drug-likeness (QED) is 0.527. The summed E-state index contributed by atoms with van der Waals surface area (Å²) >= 11 is 6.31. The Hall–Kier alpha value is -2.21. The van der Waals surface area contributed by atoms with Gasteiger partial charge in [0.05, 0.1) is 12.8 Å². The molecule has 2 N–H and O–H groups in total. The molecule has 0 saturated carbocycles. The normalized spacial score (nSPS) is 12.7. The van der Waals surface area contributed by atoms with Crippen molar-refractivity contribution in [1.82, 2.24) is 15.8 Å². The Labute approximate surface area is 166 Å². The standard InChI is InChI=1S/C20H29ClN4O2/c1-6-22-20(24-12-13(2)19-14(3)25-27-15(19)4)23-10-9-16-7-8-17(26-5)11-18(16)21/h7-8,11,13H,6,9-10,12H2,1-5H3,(H2,22,23,24). The van der Waals surface area contributed by atoms with Crippen molar-refractivity contribution in [1.29, 1.82) is 0 Å². The van der Waals surface area contributed by atoms with Gasteiger partial charge in [0.25, 0.3) is 0 Å². The molecule has 0 aliphatic carbocycles. The zero-order valence-corrected chi connectivity index (χ0v) is 17.5. The molecule has 148 valence electrons. The van der Waals surface area contributed by atoms with Crippen LogP contribution in [0.15, 0.2) is 27.7 Å². The van der Waals surface area contributed by atoms with E-state index < -0.39 is 0 Å². The highest BCUT2D eigenvalue weighted by Gasteiger charge is 2.16. The van der Waals surface area contributed by atoms with Crippen molar-refractivity contribution in [3.8, 4) is 5.75 Å². The summed E-state index contributed by atoms with van der Waals surface area (Å²) in [6.45, 7) is 10.3. The maximum Gasteiger partial charge on any atom is 0.191 e. The van der Waals surface area contributed by atoms with E-state index >= 15 is 0 Å². The molecule has 0 radical (unpaired) electrons. The van der Waals surface area contributed by atoms with Crippen LogP contribution < -0.4 is 15.4 Å². The average Bonchev–Trinajstić information content (AvgIpc) is 2.99. The number of benzene rings is 1. The van der Waals surface area contributed by atoms with Crippen molar-refractivity contribution in [3.05, 3.63) is 45.8 Å². The molecule has 0 aliphatic rings. The summed E-state index contributed by atoms with van der Waals surface area (Å²) in [7, 11) is 1.63. The molecule has 1 heterocycles. The SMILES string of the molecule is CCNC(=NCC(C)c1c(C)noc1C)NCCc1ccc(OC)cc1Cl. The molecule has 0 spiro atoms. The second-order valence-electron chi connectivity index (χ2n) is 6.49. The number of aryl methyl sites for hydroxylation is 2. The minimum atomic E-state index is 0.239. The van der Waals surface area contributed by atoms with Crippen LogP contribution in [0.25, 0.3) is 0 Å². The monoisotopic (exact) mass is 392 g/mol. The number of nitrogens with zero attached hydrogens (tertiary/aromatic N) is 2. The van der Waals surface area contributed by atoms with Crippen LogP contribution in [0.2, 0.25) is 5.02 Å². The Bertz CT molecular complexity index is 754. The number of aromatic nitrogens is 1. The first-order valence-electron chi connectivity index (χ1n) is 9.23. The fourth-order valence-corrected chi connectivity index (χ4v) is 3.29. The lowest BCUT2D eigenvalue weighted by Crippen LogP contribution is -2.38. The fourth-order valence-electron chi connectivity index (χ4n) is 3.03. The number of rotatable bonds is 8. The van der Waals surface area contributed by atoms with Crippen LogP contribution in [-0.4, -0.2) is 37.9 Å². The van der Waals surface area contributed by atoms with Crippen molar-refractivity contribution >= 4 is 17.6 Å². The first-order chi connectivity index (χ1) is 13.0. The number of aliphatic imine (C=N–C) groups is 1. The lowest BCUT2D eigenvalue weighted by atomic mass is 10.00. The number of nitrogens with one attached hydrogen (secondary N) is 2. The van der Waals surface area contributed by atoms with Gasteiger partial charge in [-0.15, -0.1) is 0 Å². The van der Waals surface area contributed by atoms with Gasteiger partial charge in [-0.3, -0.25) is 4.99 Å². The number of guanidine groups is 1. The molecule has 1 unspecified atom stereocenters. The molecule has 1 aromatic heterocycles. The van der Waals surface area contributed by atoms with E-state index in [1.165, 1.54) is 0 Å². The maximum absolute atomic E-state index is 6.31. The molecule has 7 heteroatoms. The van der Waals surface area contributed by atoms with Crippen LogP contribution in [0, 0.1) is 13.8 Å². The van der Waals surface area contributed by atoms with E-state index in [4.69, 9.17) is 25.9 Å². The van der Waals surface area contributed by atoms with Crippen LogP contribution >= 0.6 is 11.6 Å². The van der Waals surface area contributed by atoms with Crippen molar-refractivity contribution in [2.75, 3.05) is 26.7 Å². The minimum Gasteiger partial charge on any atom is -0.497 e. The van der Waals surface area contributed by atoms with Crippen LogP contribution in [0.5, 0.6) is 5.75 Å². The van der Waals surface area contributed by atoms with Gasteiger partial charge in [-0.2, -0.15) is 0 Å². The molecule has 0 bridgehead atoms. The van der Waals surface area contributed by atoms with Gasteiger partial charge in [-0.25, -0.2) is 0 Å². The van der Waals surface area contributed by atoms with Crippen molar-refractivity contribution in [2.24, 2.45) is 4.99 Å². The predicted octanol–water partition coefficient (Wildman–Crippen LogP) is 3.85. The summed E-state index contributed by atoms with van der Waals surface area (Å²) < 4.78 is 10.4. The van der Waals surface area contributed by atoms with Crippen molar-refractivity contribution in [2.45, 2.75) is 40.0 Å². The summed E-state index contributed by atoms with van der Waals surface area (Å²) in [5.41, 5.74) is 3.15. The van der Waals surface area contributed by atoms with Crippen LogP contribution in [-0.2, 0) is 6.42 Å². The van der Waals surface area contributed by atoms with Gasteiger partial charge in [-0.05, 0) is 44.9 Å². The smallest absolute Gasteiger partial charge is 0.191 e. The fraction of sp³-hybridized carbons (Fsp3) is 0.500. The largest absolute Gasteiger partial charge is 0.497 e. The summed E-state index contributed by atoms with van der Waals surface area (Å²) in [4.78, 5) is 4.70. The van der Waals surface area contributed by atoms with E-state index in [9.17, 15) is 0 Å². The van der Waals surface area contributed by atoms with Gasteiger partial charge in [0.1, 0.15) is 11.5 Å². The number of hydrogen-bond donors (Lipinski definition) is 2. The highest BCUT2D eigenvalue weighted by molar-refractivity contribution is 6.31. The Morgan fingerprint density at radius 3 is 2.70 bits per heavy atom. The molecular weight excluding hydrogens is 364 g/mol. The van der Waals surface area contributed by atoms with E-state index in [2.05, 4.69) is 29.6 Å². The summed E-state index contributed by atoms with van der Waals surface area (Å²) in [5.74, 6) is 2.66. The van der Waals surface area contributed by atoms with E-state index in [0.29, 0.717) is 11.6 Å². The molecule has 2 rings (SSSR count). The number of ether oxygens (including phenoxy) is 1. The van der Waals surface area contributed by atoms with Crippen molar-refractivity contribution < 1.29 is 9.26 Å². The van der Waals surface area contributed by atoms with Gasteiger partial charge in [0.2, 0.25) is 0 Å². The average molecular weight is 393 g/mol. The third-order valence-corrected chi connectivity index (χ3v) is 4.75. The molecular formula is C20H29ClN4O2. The van der Waals surface area contributed by atoms with Crippen LogP contribution in [0.3, 0.4) is 0 Å². The van der Waals surface area contributed by atoms with Gasteiger partial charge < -0.3 is 19.9 Å². The van der Waals surface area contributed by atoms with E-state index in [0.717, 1.165) is 53.8 Å². The highest BCUT2D eigenvalue weighted by atomic mass is 35.5. The Balaban J connectivity index is 1.93. The molecule has 2 aromatic rings. The second kappa shape index (κ2) is 10.2. The number of hydrogen-bond acceptors (Lipinski definition) is 4. The zero-order chi connectivity index (χ0) is 19.8. The zero-order valence-electron chi connectivity index (χ0n) is 16.7. The molecule has 6 nitrogen and oxygen atoms in total. The Morgan fingerprint density at radius 2 is 2.11 bits per heavy atom. The summed E-state index contributed by atoms with van der Waals surface area (Å²) in [6.07, 6.45) is 0.798. The molecule has 0 aliphatic heterocycles. The summed E-state index contributed by atoms with van der Waals surface area (Å²) in [6, 6.07) is 5.75. The van der Waals surface area contributed by atoms with Gasteiger partial charge >= 0.3 is 0 Å². The predicted molar refractivity (Wildman–Crippen MR) is 110 cm³/mol. The first-order valence-corrected chi connectivity index (χ1v) is 9.61. The van der Waals surface area contributed by atoms with E-state index in [-0.39, 0.29) is 5.92 Å². The number of halogens is 1. The van der Waals surface area contributed by atoms with E-state index in [1.807, 2.05) is 32.0 Å². The first kappa shape index (κ1) is 21.1. The van der Waals surface area contributed by atoms with Crippen molar-refractivity contribution in [3.63, 3.8) is 0 Å². The third kappa shape index (κ3) is 5.89. The highest BCUT2D eigenvalue weighted by Crippen LogP contribution is 2.23. The number of methoxy groups -OCH3 is 1. The molecule has 0 fully saturated rings. The molecule has 0 amide bonds. The molecule has 27 heavy (non-hydrogen) atoms. The minimum absolute atomic E-state index is 0.239. The van der Waals surface area contributed by atoms with E-state index in [1.54, 1.807) is 7.11 Å². The topological polar surface area (TPSA) is 71.7 Å².